The molecule has 8 heteroatoms. The number of carbonyl (C=O) groups is 1. The number of amides is 1. The van der Waals surface area contributed by atoms with E-state index in [0.717, 1.165) is 17.7 Å². The molecule has 0 aliphatic carbocycles. The first-order chi connectivity index (χ1) is 12.0. The monoisotopic (exact) mass is 395 g/mol. The van der Waals surface area contributed by atoms with Gasteiger partial charge in [-0.1, -0.05) is 35.9 Å². The molecule has 1 fully saturated rings. The number of rotatable bonds is 4. The van der Waals surface area contributed by atoms with Crippen LogP contribution in [0.5, 0.6) is 0 Å². The van der Waals surface area contributed by atoms with Gasteiger partial charge < -0.3 is 10.2 Å². The molecule has 1 aliphatic heterocycles. The number of nitro groups is 1. The summed E-state index contributed by atoms with van der Waals surface area (Å²) < 4.78 is 0. The van der Waals surface area contributed by atoms with E-state index in [1.54, 1.807) is 12.1 Å². The van der Waals surface area contributed by atoms with Gasteiger partial charge in [-0.15, -0.1) is 12.4 Å². The van der Waals surface area contributed by atoms with Crippen molar-refractivity contribution in [2.45, 2.75) is 12.5 Å². The average molecular weight is 396 g/mol. The quantitative estimate of drug-likeness (QED) is 0.635. The first kappa shape index (κ1) is 20.2. The number of non-ortho nitro benzene ring substituents is 1. The van der Waals surface area contributed by atoms with Crippen molar-refractivity contribution >= 4 is 35.6 Å². The lowest BCUT2D eigenvalue weighted by Gasteiger charge is -2.36. The zero-order chi connectivity index (χ0) is 17.8. The Morgan fingerprint density at radius 3 is 2.65 bits per heavy atom. The number of hydrogen-bond donors (Lipinski definition) is 1. The van der Waals surface area contributed by atoms with Crippen molar-refractivity contribution in [3.63, 3.8) is 0 Å². The van der Waals surface area contributed by atoms with Crippen molar-refractivity contribution in [2.24, 2.45) is 0 Å². The molecule has 1 saturated heterocycles. The highest BCUT2D eigenvalue weighted by Gasteiger charge is 2.27. The fraction of sp³-hybridized carbons (Fsp3) is 0.278. The zero-order valence-corrected chi connectivity index (χ0v) is 15.5. The van der Waals surface area contributed by atoms with E-state index in [9.17, 15) is 14.9 Å². The first-order valence-corrected chi connectivity index (χ1v) is 8.41. The molecule has 2 aromatic carbocycles. The van der Waals surface area contributed by atoms with Gasteiger partial charge in [-0.3, -0.25) is 14.9 Å². The Bertz CT molecular complexity index is 784. The normalized spacial score (nSPS) is 16.7. The minimum Gasteiger partial charge on any atom is -0.333 e. The lowest BCUT2D eigenvalue weighted by molar-refractivity contribution is -0.384. The lowest BCUT2D eigenvalue weighted by Crippen LogP contribution is -2.49. The Labute approximate surface area is 162 Å². The summed E-state index contributed by atoms with van der Waals surface area (Å²) >= 11 is 6.08. The molecule has 1 heterocycles. The van der Waals surface area contributed by atoms with Crippen molar-refractivity contribution in [2.75, 3.05) is 19.6 Å². The van der Waals surface area contributed by atoms with E-state index >= 15 is 0 Å². The van der Waals surface area contributed by atoms with E-state index in [2.05, 4.69) is 5.32 Å². The maximum Gasteiger partial charge on any atom is 0.269 e. The maximum atomic E-state index is 12.8. The molecule has 0 spiro atoms. The molecule has 1 N–H and O–H groups in total. The molecular weight excluding hydrogens is 377 g/mol. The fourth-order valence-electron chi connectivity index (χ4n) is 3.03. The summed E-state index contributed by atoms with van der Waals surface area (Å²) in [6, 6.07) is 13.6. The van der Waals surface area contributed by atoms with E-state index in [1.165, 1.54) is 12.1 Å². The molecule has 26 heavy (non-hydrogen) atoms. The summed E-state index contributed by atoms with van der Waals surface area (Å²) in [5.41, 5.74) is 1.78. The second-order valence-corrected chi connectivity index (χ2v) is 6.40. The molecule has 6 nitrogen and oxygen atoms in total. The molecule has 3 rings (SSSR count). The molecule has 1 unspecified atom stereocenters. The van der Waals surface area contributed by atoms with Crippen LogP contribution in [0, 0.1) is 10.1 Å². The molecule has 1 aliphatic rings. The largest absolute Gasteiger partial charge is 0.333 e. The average Bonchev–Trinajstić information content (AvgIpc) is 2.62. The number of hydrogen-bond acceptors (Lipinski definition) is 4. The van der Waals surface area contributed by atoms with Crippen molar-refractivity contribution in [3.05, 3.63) is 74.8 Å². The minimum atomic E-state index is -0.447. The number of carbonyl (C=O) groups excluding carboxylic acids is 1. The van der Waals surface area contributed by atoms with Crippen LogP contribution in [-0.2, 0) is 11.2 Å². The molecule has 0 radical (unpaired) electrons. The molecule has 1 amide bonds. The number of piperazine rings is 1. The van der Waals surface area contributed by atoms with Gasteiger partial charge in [-0.2, -0.15) is 0 Å². The Morgan fingerprint density at radius 1 is 1.27 bits per heavy atom. The number of halogens is 2. The van der Waals surface area contributed by atoms with Crippen LogP contribution in [0.1, 0.15) is 17.2 Å². The van der Waals surface area contributed by atoms with Gasteiger partial charge in [0.15, 0.2) is 0 Å². The smallest absolute Gasteiger partial charge is 0.269 e. The summed E-state index contributed by atoms with van der Waals surface area (Å²) in [6.07, 6.45) is 0.217. The summed E-state index contributed by atoms with van der Waals surface area (Å²) in [6.45, 7) is 2.03. The van der Waals surface area contributed by atoms with Crippen LogP contribution in [0.15, 0.2) is 48.5 Å². The van der Waals surface area contributed by atoms with E-state index in [4.69, 9.17) is 11.6 Å². The van der Waals surface area contributed by atoms with E-state index < -0.39 is 4.92 Å². The van der Waals surface area contributed by atoms with E-state index in [0.29, 0.717) is 18.1 Å². The van der Waals surface area contributed by atoms with Gasteiger partial charge in [-0.25, -0.2) is 0 Å². The van der Waals surface area contributed by atoms with Crippen molar-refractivity contribution < 1.29 is 9.72 Å². The predicted octanol–water partition coefficient (Wildman–Crippen LogP) is 3.39. The summed E-state index contributed by atoms with van der Waals surface area (Å²) in [7, 11) is 0. The predicted molar refractivity (Wildman–Crippen MR) is 103 cm³/mol. The van der Waals surface area contributed by atoms with Gasteiger partial charge in [0.05, 0.1) is 17.4 Å². The minimum absolute atomic E-state index is 0. The Balaban J connectivity index is 0.00000243. The van der Waals surface area contributed by atoms with Gasteiger partial charge >= 0.3 is 0 Å². The second-order valence-electron chi connectivity index (χ2n) is 5.96. The molecular formula is C18H19Cl2N3O3. The number of benzene rings is 2. The summed E-state index contributed by atoms with van der Waals surface area (Å²) in [5.74, 6) is 0.000304. The third kappa shape index (κ3) is 4.72. The third-order valence-electron chi connectivity index (χ3n) is 4.30. The van der Waals surface area contributed by atoms with Crippen LogP contribution in [0.25, 0.3) is 0 Å². The summed E-state index contributed by atoms with van der Waals surface area (Å²) in [5, 5.41) is 14.7. The molecule has 138 valence electrons. The second kappa shape index (κ2) is 8.98. The van der Waals surface area contributed by atoms with Crippen LogP contribution in [0.3, 0.4) is 0 Å². The van der Waals surface area contributed by atoms with Crippen LogP contribution >= 0.6 is 24.0 Å². The van der Waals surface area contributed by atoms with Crippen molar-refractivity contribution in [1.82, 2.24) is 10.2 Å². The number of nitrogens with zero attached hydrogens (tertiary/aromatic N) is 2. The van der Waals surface area contributed by atoms with E-state index in [-0.39, 0.29) is 36.5 Å². The molecule has 1 atom stereocenters. The van der Waals surface area contributed by atoms with Gasteiger partial charge in [0.25, 0.3) is 5.69 Å². The van der Waals surface area contributed by atoms with Gasteiger partial charge in [0, 0.05) is 36.8 Å². The standard InChI is InChI=1S/C18H18ClN3O3.ClH/c19-15-3-1-2-14(11-15)17-12-20-8-9-21(17)18(23)10-13-4-6-16(7-5-13)22(24)25;/h1-7,11,17,20H,8-10,12H2;1H. The van der Waals surface area contributed by atoms with Crippen molar-refractivity contribution in [1.29, 1.82) is 0 Å². The Morgan fingerprint density at radius 2 is 2.00 bits per heavy atom. The molecule has 0 saturated carbocycles. The lowest BCUT2D eigenvalue weighted by atomic mass is 10.0. The highest BCUT2D eigenvalue weighted by Crippen LogP contribution is 2.25. The summed E-state index contributed by atoms with van der Waals surface area (Å²) in [4.78, 5) is 24.9. The topological polar surface area (TPSA) is 75.5 Å². The Hall–Kier alpha value is -2.15. The van der Waals surface area contributed by atoms with Crippen LogP contribution in [0.2, 0.25) is 5.02 Å². The zero-order valence-electron chi connectivity index (χ0n) is 13.9. The van der Waals surface area contributed by atoms with Crippen LogP contribution in [0.4, 0.5) is 5.69 Å². The van der Waals surface area contributed by atoms with Gasteiger partial charge in [0.2, 0.25) is 5.91 Å². The van der Waals surface area contributed by atoms with E-state index in [1.807, 2.05) is 29.2 Å². The Kier molecular flexibility index (Phi) is 6.97. The number of nitrogens with one attached hydrogen (secondary N) is 1. The van der Waals surface area contributed by atoms with Crippen molar-refractivity contribution in [3.8, 4) is 0 Å². The van der Waals surface area contributed by atoms with Crippen LogP contribution in [-0.4, -0.2) is 35.4 Å². The third-order valence-corrected chi connectivity index (χ3v) is 4.53. The molecule has 0 aromatic heterocycles. The van der Waals surface area contributed by atoms with Crippen LogP contribution < -0.4 is 5.32 Å². The van der Waals surface area contributed by atoms with Gasteiger partial charge in [0.1, 0.15) is 0 Å². The highest BCUT2D eigenvalue weighted by atomic mass is 35.5. The number of nitro benzene ring substituents is 1. The highest BCUT2D eigenvalue weighted by molar-refractivity contribution is 6.30. The SMILES string of the molecule is Cl.O=C(Cc1ccc([N+](=O)[O-])cc1)N1CCNCC1c1cccc(Cl)c1. The fourth-order valence-corrected chi connectivity index (χ4v) is 3.22. The molecule has 0 bridgehead atoms. The maximum absolute atomic E-state index is 12.8. The first-order valence-electron chi connectivity index (χ1n) is 8.03. The molecule has 2 aromatic rings. The van der Waals surface area contributed by atoms with Gasteiger partial charge in [-0.05, 0) is 23.3 Å².